The van der Waals surface area contributed by atoms with Gasteiger partial charge >= 0.3 is 6.18 Å². The van der Waals surface area contributed by atoms with Crippen LogP contribution in [0.15, 0.2) is 41.4 Å². The maximum atomic E-state index is 13.3. The van der Waals surface area contributed by atoms with Crippen LogP contribution in [0.25, 0.3) is 0 Å². The normalized spacial score (nSPS) is 12.8. The third kappa shape index (κ3) is 3.93. The van der Waals surface area contributed by atoms with E-state index in [9.17, 15) is 22.7 Å². The van der Waals surface area contributed by atoms with Crippen LogP contribution in [-0.4, -0.2) is 11.3 Å². The first-order valence-corrected chi connectivity index (χ1v) is 7.23. The number of hydrogen-bond donors (Lipinski definition) is 1. The molecule has 0 unspecified atom stereocenters. The van der Waals surface area contributed by atoms with Crippen molar-refractivity contribution >= 4 is 11.9 Å². The first kappa shape index (κ1) is 18.0. The van der Waals surface area contributed by atoms with Gasteiger partial charge < -0.3 is 5.11 Å². The molecule has 0 atom stereocenters. The number of rotatable bonds is 2. The summed E-state index contributed by atoms with van der Waals surface area (Å²) in [4.78, 5) is 3.74. The van der Waals surface area contributed by atoms with Crippen LogP contribution in [0, 0.1) is 5.82 Å². The van der Waals surface area contributed by atoms with Gasteiger partial charge in [-0.25, -0.2) is 4.39 Å². The molecular weight excluding hydrogens is 322 g/mol. The summed E-state index contributed by atoms with van der Waals surface area (Å²) < 4.78 is 52.1. The summed E-state index contributed by atoms with van der Waals surface area (Å²) in [5.41, 5.74) is -1.01. The third-order valence-electron chi connectivity index (χ3n) is 3.48. The van der Waals surface area contributed by atoms with E-state index >= 15 is 0 Å². The second-order valence-corrected chi connectivity index (χ2v) is 6.41. The van der Waals surface area contributed by atoms with Gasteiger partial charge in [0.15, 0.2) is 0 Å². The van der Waals surface area contributed by atoms with Crippen molar-refractivity contribution in [2.75, 3.05) is 0 Å². The van der Waals surface area contributed by atoms with E-state index < -0.39 is 23.2 Å². The Morgan fingerprint density at radius 2 is 1.67 bits per heavy atom. The molecular formula is C18H17F4NO. The second-order valence-electron chi connectivity index (χ2n) is 6.41. The average molecular weight is 339 g/mol. The lowest BCUT2D eigenvalue weighted by atomic mass is 9.85. The first-order chi connectivity index (χ1) is 11.0. The lowest BCUT2D eigenvalue weighted by Gasteiger charge is -2.21. The number of alkyl halides is 3. The van der Waals surface area contributed by atoms with Crippen LogP contribution in [0.2, 0.25) is 0 Å². The van der Waals surface area contributed by atoms with Gasteiger partial charge in [-0.1, -0.05) is 32.9 Å². The molecule has 0 aliphatic heterocycles. The van der Waals surface area contributed by atoms with E-state index in [0.29, 0.717) is 17.7 Å². The molecule has 0 amide bonds. The number of phenolic OH excluding ortho intramolecular Hbond substituents is 1. The van der Waals surface area contributed by atoms with Gasteiger partial charge in [-0.2, -0.15) is 13.2 Å². The Morgan fingerprint density at radius 1 is 1.00 bits per heavy atom. The number of aliphatic imine (C=N–C) groups is 1. The summed E-state index contributed by atoms with van der Waals surface area (Å²) in [6, 6.07) is 7.03. The van der Waals surface area contributed by atoms with Gasteiger partial charge in [0, 0.05) is 17.8 Å². The monoisotopic (exact) mass is 339 g/mol. The van der Waals surface area contributed by atoms with Crippen molar-refractivity contribution in [2.45, 2.75) is 32.4 Å². The highest BCUT2D eigenvalue weighted by atomic mass is 19.4. The highest BCUT2D eigenvalue weighted by Crippen LogP contribution is 2.37. The third-order valence-corrected chi connectivity index (χ3v) is 3.48. The van der Waals surface area contributed by atoms with Gasteiger partial charge in [-0.05, 0) is 29.2 Å². The van der Waals surface area contributed by atoms with Crippen molar-refractivity contribution in [3.05, 3.63) is 58.9 Å². The molecule has 2 rings (SSSR count). The van der Waals surface area contributed by atoms with E-state index in [2.05, 4.69) is 4.99 Å². The van der Waals surface area contributed by atoms with Crippen LogP contribution in [0.1, 0.15) is 37.5 Å². The van der Waals surface area contributed by atoms with Crippen molar-refractivity contribution in [1.82, 2.24) is 0 Å². The molecule has 0 saturated heterocycles. The Labute approximate surface area is 137 Å². The molecule has 1 N–H and O–H groups in total. The summed E-state index contributed by atoms with van der Waals surface area (Å²) in [7, 11) is 0. The minimum absolute atomic E-state index is 0.0567. The number of benzene rings is 2. The Morgan fingerprint density at radius 3 is 2.25 bits per heavy atom. The Kier molecular flexibility index (Phi) is 4.69. The van der Waals surface area contributed by atoms with Crippen LogP contribution < -0.4 is 0 Å². The number of hydrogen-bond acceptors (Lipinski definition) is 2. The van der Waals surface area contributed by atoms with Crippen molar-refractivity contribution in [3.63, 3.8) is 0 Å². The van der Waals surface area contributed by atoms with Crippen LogP contribution in [-0.2, 0) is 11.6 Å². The zero-order valence-electron chi connectivity index (χ0n) is 13.4. The Hall–Kier alpha value is -2.37. The van der Waals surface area contributed by atoms with E-state index in [1.165, 1.54) is 6.07 Å². The molecule has 0 radical (unpaired) electrons. The fraction of sp³-hybridized carbons (Fsp3) is 0.278. The molecule has 0 saturated carbocycles. The summed E-state index contributed by atoms with van der Waals surface area (Å²) in [6.45, 7) is 5.70. The fourth-order valence-corrected chi connectivity index (χ4v) is 2.26. The van der Waals surface area contributed by atoms with Crippen LogP contribution in [0.3, 0.4) is 0 Å². The average Bonchev–Trinajstić information content (AvgIpc) is 2.43. The van der Waals surface area contributed by atoms with Gasteiger partial charge in [0.25, 0.3) is 0 Å². The standard InChI is InChI=1S/C18H17F4NO/c1-17(2,3)14-6-4-5-11(16(14)24)10-23-15-9-12(19)7-8-13(15)18(20,21)22/h4-10,24H,1-3H3. The summed E-state index contributed by atoms with van der Waals surface area (Å²) in [6.07, 6.45) is -3.54. The van der Waals surface area contributed by atoms with E-state index in [1.807, 2.05) is 20.8 Å². The van der Waals surface area contributed by atoms with Gasteiger partial charge in [0.05, 0.1) is 11.3 Å². The van der Waals surface area contributed by atoms with Gasteiger partial charge in [0.2, 0.25) is 0 Å². The Balaban J connectivity index is 2.48. The predicted octanol–water partition coefficient (Wildman–Crippen LogP) is 5.60. The highest BCUT2D eigenvalue weighted by Gasteiger charge is 2.33. The second kappa shape index (κ2) is 6.26. The molecule has 6 heteroatoms. The lowest BCUT2D eigenvalue weighted by molar-refractivity contribution is -0.137. The molecule has 2 nitrogen and oxygen atoms in total. The molecule has 0 aromatic heterocycles. The molecule has 2 aromatic rings. The number of aromatic hydroxyl groups is 1. The van der Waals surface area contributed by atoms with Gasteiger partial charge in [-0.15, -0.1) is 0 Å². The summed E-state index contributed by atoms with van der Waals surface area (Å²) >= 11 is 0. The molecule has 128 valence electrons. The van der Waals surface area contributed by atoms with Crippen LogP contribution in [0.4, 0.5) is 23.2 Å². The van der Waals surface area contributed by atoms with E-state index in [0.717, 1.165) is 12.3 Å². The number of phenols is 1. The van der Waals surface area contributed by atoms with Crippen molar-refractivity contribution in [2.24, 2.45) is 4.99 Å². The van der Waals surface area contributed by atoms with Crippen LogP contribution >= 0.6 is 0 Å². The van der Waals surface area contributed by atoms with E-state index in [-0.39, 0.29) is 16.7 Å². The quantitative estimate of drug-likeness (QED) is 0.561. The number of para-hydroxylation sites is 1. The maximum absolute atomic E-state index is 13.3. The lowest BCUT2D eigenvalue weighted by Crippen LogP contribution is -2.11. The fourth-order valence-electron chi connectivity index (χ4n) is 2.26. The maximum Gasteiger partial charge on any atom is 0.418 e. The summed E-state index contributed by atoms with van der Waals surface area (Å²) in [5.74, 6) is -0.874. The SMILES string of the molecule is CC(C)(C)c1cccc(C=Nc2cc(F)ccc2C(F)(F)F)c1O. The Bertz CT molecular complexity index is 774. The number of nitrogens with zero attached hydrogens (tertiary/aromatic N) is 1. The van der Waals surface area contributed by atoms with Gasteiger partial charge in [-0.3, -0.25) is 4.99 Å². The zero-order valence-corrected chi connectivity index (χ0v) is 13.4. The van der Waals surface area contributed by atoms with E-state index in [1.54, 1.807) is 12.1 Å². The molecule has 2 aromatic carbocycles. The largest absolute Gasteiger partial charge is 0.507 e. The molecule has 0 bridgehead atoms. The smallest absolute Gasteiger partial charge is 0.418 e. The van der Waals surface area contributed by atoms with Crippen molar-refractivity contribution < 1.29 is 22.7 Å². The molecule has 0 fully saturated rings. The predicted molar refractivity (Wildman–Crippen MR) is 85.5 cm³/mol. The summed E-state index contributed by atoms with van der Waals surface area (Å²) in [5, 5.41) is 10.3. The highest BCUT2D eigenvalue weighted by molar-refractivity contribution is 5.86. The topological polar surface area (TPSA) is 32.6 Å². The minimum atomic E-state index is -4.64. The molecule has 24 heavy (non-hydrogen) atoms. The minimum Gasteiger partial charge on any atom is -0.507 e. The van der Waals surface area contributed by atoms with E-state index in [4.69, 9.17) is 0 Å². The molecule has 0 aliphatic rings. The molecule has 0 aliphatic carbocycles. The van der Waals surface area contributed by atoms with Crippen molar-refractivity contribution in [1.29, 1.82) is 0 Å². The van der Waals surface area contributed by atoms with Crippen molar-refractivity contribution in [3.8, 4) is 5.75 Å². The molecule has 0 spiro atoms. The van der Waals surface area contributed by atoms with Gasteiger partial charge in [0.1, 0.15) is 11.6 Å². The van der Waals surface area contributed by atoms with Crippen LogP contribution in [0.5, 0.6) is 5.75 Å². The zero-order chi connectivity index (χ0) is 18.1. The first-order valence-electron chi connectivity index (χ1n) is 7.23. The number of halogens is 4. The molecule has 0 heterocycles.